The van der Waals surface area contributed by atoms with E-state index in [1.165, 1.54) is 24.3 Å². The zero-order chi connectivity index (χ0) is 22.8. The third kappa shape index (κ3) is 2.88. The van der Waals surface area contributed by atoms with Crippen LogP contribution in [0.1, 0.15) is 21.5 Å². The molecule has 0 amide bonds. The van der Waals surface area contributed by atoms with E-state index in [2.05, 4.69) is 5.32 Å². The predicted octanol–water partition coefficient (Wildman–Crippen LogP) is 4.05. The molecular formula is C24H18N2O5S. The zero-order valence-corrected chi connectivity index (χ0v) is 18.0. The highest BCUT2D eigenvalue weighted by Crippen LogP contribution is 2.43. The Morgan fingerprint density at radius 3 is 2.19 bits per heavy atom. The molecule has 5 rings (SSSR count). The Morgan fingerprint density at radius 1 is 0.875 bits per heavy atom. The average Bonchev–Trinajstić information content (AvgIpc) is 2.77. The van der Waals surface area contributed by atoms with Crippen LogP contribution in [0, 0.1) is 6.92 Å². The number of anilines is 2. The van der Waals surface area contributed by atoms with Gasteiger partial charge in [-0.25, -0.2) is 0 Å². The van der Waals surface area contributed by atoms with Crippen LogP contribution in [0.3, 0.4) is 0 Å². The summed E-state index contributed by atoms with van der Waals surface area (Å²) in [5, 5.41) is 3.89. The van der Waals surface area contributed by atoms with Crippen molar-refractivity contribution in [3.8, 4) is 11.1 Å². The number of fused-ring (bicyclic) bond motifs is 2. The molecule has 0 saturated heterocycles. The minimum absolute atomic E-state index is 0.121. The standard InChI is InChI=1S/C24H18N2O5S/c1-13-20-16-5-3-4-6-17(16)23(27)21-18(11-12-19(22(20)21)26(2)24(13)28)25-14-7-9-15(10-8-14)32(29,30)31/h3-12,25H,1-2H3,(H,29,30,31). The van der Waals surface area contributed by atoms with E-state index in [9.17, 15) is 22.6 Å². The lowest BCUT2D eigenvalue weighted by molar-refractivity contribution is 0.104. The minimum Gasteiger partial charge on any atom is -0.355 e. The molecule has 0 saturated carbocycles. The fourth-order valence-corrected chi connectivity index (χ4v) is 4.84. The lowest BCUT2D eigenvalue weighted by atomic mass is 9.81. The number of hydrogen-bond acceptors (Lipinski definition) is 5. The number of rotatable bonds is 3. The summed E-state index contributed by atoms with van der Waals surface area (Å²) in [6, 6.07) is 16.3. The molecule has 0 fully saturated rings. The van der Waals surface area contributed by atoms with Crippen molar-refractivity contribution in [3.63, 3.8) is 0 Å². The van der Waals surface area contributed by atoms with E-state index in [1.54, 1.807) is 42.8 Å². The van der Waals surface area contributed by atoms with Gasteiger partial charge < -0.3 is 9.88 Å². The number of aromatic nitrogens is 1. The molecule has 0 atom stereocenters. The number of carbonyl (C=O) groups excluding carboxylic acids is 1. The van der Waals surface area contributed by atoms with Crippen LogP contribution in [0.4, 0.5) is 11.4 Å². The largest absolute Gasteiger partial charge is 0.355 e. The molecule has 4 aromatic rings. The van der Waals surface area contributed by atoms with E-state index in [0.717, 1.165) is 11.1 Å². The topological polar surface area (TPSA) is 105 Å². The second-order valence-corrected chi connectivity index (χ2v) is 9.17. The third-order valence-corrected chi connectivity index (χ3v) is 6.76. The van der Waals surface area contributed by atoms with E-state index < -0.39 is 10.1 Å². The maximum atomic E-state index is 13.6. The minimum atomic E-state index is -4.30. The molecule has 160 valence electrons. The van der Waals surface area contributed by atoms with Crippen LogP contribution in [0.15, 0.2) is 70.4 Å². The Kier molecular flexibility index (Phi) is 4.34. The second kappa shape index (κ2) is 6.88. The molecule has 32 heavy (non-hydrogen) atoms. The summed E-state index contributed by atoms with van der Waals surface area (Å²) in [7, 11) is -2.62. The average molecular weight is 446 g/mol. The Balaban J connectivity index is 1.78. The summed E-state index contributed by atoms with van der Waals surface area (Å²) < 4.78 is 33.4. The van der Waals surface area contributed by atoms with Gasteiger partial charge in [0.05, 0.1) is 21.7 Å². The van der Waals surface area contributed by atoms with Gasteiger partial charge >= 0.3 is 0 Å². The van der Waals surface area contributed by atoms with Crippen LogP contribution in [0.2, 0.25) is 0 Å². The summed E-state index contributed by atoms with van der Waals surface area (Å²) in [6.07, 6.45) is 0. The number of hydrogen-bond donors (Lipinski definition) is 2. The van der Waals surface area contributed by atoms with Gasteiger partial charge in [0.2, 0.25) is 0 Å². The van der Waals surface area contributed by atoms with E-state index >= 15 is 0 Å². The smallest absolute Gasteiger partial charge is 0.294 e. The molecule has 3 aromatic carbocycles. The zero-order valence-electron chi connectivity index (χ0n) is 17.2. The summed E-state index contributed by atoms with van der Waals surface area (Å²) in [5.74, 6) is -0.159. The normalized spacial score (nSPS) is 12.7. The molecule has 8 heteroatoms. The van der Waals surface area contributed by atoms with E-state index in [4.69, 9.17) is 0 Å². The molecule has 0 unspecified atom stereocenters. The Morgan fingerprint density at radius 2 is 1.53 bits per heavy atom. The summed E-state index contributed by atoms with van der Waals surface area (Å²) in [6.45, 7) is 1.77. The van der Waals surface area contributed by atoms with Gasteiger partial charge in [0.25, 0.3) is 15.7 Å². The van der Waals surface area contributed by atoms with Gasteiger partial charge in [0, 0.05) is 34.8 Å². The highest BCUT2D eigenvalue weighted by molar-refractivity contribution is 7.85. The molecule has 0 radical (unpaired) electrons. The fourth-order valence-electron chi connectivity index (χ4n) is 4.36. The van der Waals surface area contributed by atoms with Gasteiger partial charge in [-0.2, -0.15) is 8.42 Å². The number of pyridine rings is 1. The molecule has 1 aromatic heterocycles. The Hall–Kier alpha value is -3.75. The number of benzene rings is 3. The van der Waals surface area contributed by atoms with Crippen LogP contribution in [-0.4, -0.2) is 23.3 Å². The highest BCUT2D eigenvalue weighted by atomic mass is 32.2. The van der Waals surface area contributed by atoms with Crippen LogP contribution in [-0.2, 0) is 17.2 Å². The maximum absolute atomic E-state index is 13.6. The van der Waals surface area contributed by atoms with Crippen LogP contribution >= 0.6 is 0 Å². The fraction of sp³-hybridized carbons (Fsp3) is 0.0833. The highest BCUT2D eigenvalue weighted by Gasteiger charge is 2.30. The summed E-state index contributed by atoms with van der Waals surface area (Å²) in [4.78, 5) is 26.2. The van der Waals surface area contributed by atoms with Gasteiger partial charge in [-0.05, 0) is 48.9 Å². The van der Waals surface area contributed by atoms with Gasteiger partial charge in [-0.15, -0.1) is 0 Å². The maximum Gasteiger partial charge on any atom is 0.294 e. The number of aryl methyl sites for hydroxylation is 1. The van der Waals surface area contributed by atoms with E-state index in [-0.39, 0.29) is 16.2 Å². The van der Waals surface area contributed by atoms with Crippen molar-refractivity contribution in [2.75, 3.05) is 5.32 Å². The van der Waals surface area contributed by atoms with Crippen molar-refractivity contribution < 1.29 is 17.8 Å². The Bertz CT molecular complexity index is 1620. The summed E-state index contributed by atoms with van der Waals surface area (Å²) >= 11 is 0. The van der Waals surface area contributed by atoms with Crippen molar-refractivity contribution in [2.24, 2.45) is 7.05 Å². The first-order chi connectivity index (χ1) is 15.2. The number of nitrogens with one attached hydrogen (secondary N) is 1. The number of nitrogens with zero attached hydrogens (tertiary/aromatic N) is 1. The molecular weight excluding hydrogens is 428 g/mol. The molecule has 0 aliphatic heterocycles. The van der Waals surface area contributed by atoms with Crippen molar-refractivity contribution in [1.82, 2.24) is 4.57 Å². The van der Waals surface area contributed by atoms with Crippen LogP contribution < -0.4 is 10.9 Å². The van der Waals surface area contributed by atoms with Crippen molar-refractivity contribution in [2.45, 2.75) is 11.8 Å². The van der Waals surface area contributed by atoms with Gasteiger partial charge in [-0.1, -0.05) is 24.3 Å². The van der Waals surface area contributed by atoms with Crippen LogP contribution in [0.25, 0.3) is 22.0 Å². The monoisotopic (exact) mass is 446 g/mol. The number of carbonyl (C=O) groups is 1. The van der Waals surface area contributed by atoms with E-state index in [1.807, 2.05) is 12.1 Å². The molecule has 0 bridgehead atoms. The quantitative estimate of drug-likeness (QED) is 0.405. The Labute approximate surface area is 183 Å². The first kappa shape index (κ1) is 20.2. The van der Waals surface area contributed by atoms with E-state index in [0.29, 0.717) is 39.0 Å². The van der Waals surface area contributed by atoms with Gasteiger partial charge in [0.15, 0.2) is 5.78 Å². The van der Waals surface area contributed by atoms with Gasteiger partial charge in [-0.3, -0.25) is 14.1 Å². The first-order valence-corrected chi connectivity index (χ1v) is 11.3. The molecule has 2 N–H and O–H groups in total. The molecule has 7 nitrogen and oxygen atoms in total. The van der Waals surface area contributed by atoms with Crippen LogP contribution in [0.5, 0.6) is 0 Å². The molecule has 1 aliphatic carbocycles. The van der Waals surface area contributed by atoms with Gasteiger partial charge in [0.1, 0.15) is 0 Å². The van der Waals surface area contributed by atoms with Crippen molar-refractivity contribution >= 4 is 38.2 Å². The predicted molar refractivity (Wildman–Crippen MR) is 122 cm³/mol. The molecule has 0 spiro atoms. The lowest BCUT2D eigenvalue weighted by Crippen LogP contribution is -2.24. The molecule has 1 heterocycles. The summed E-state index contributed by atoms with van der Waals surface area (Å²) in [5.41, 5.74) is 4.64. The first-order valence-electron chi connectivity index (χ1n) is 9.83. The third-order valence-electron chi connectivity index (χ3n) is 5.89. The SMILES string of the molecule is Cc1c2c3c(c(Nc4ccc(S(=O)(=O)O)cc4)ccc3n(C)c1=O)C(=O)c1ccccc1-2. The second-order valence-electron chi connectivity index (χ2n) is 7.75. The molecule has 1 aliphatic rings. The number of ketones is 1. The van der Waals surface area contributed by atoms with Crippen molar-refractivity contribution in [1.29, 1.82) is 0 Å². The van der Waals surface area contributed by atoms with Crippen molar-refractivity contribution in [3.05, 3.63) is 87.7 Å². The lowest BCUT2D eigenvalue weighted by Gasteiger charge is -2.25.